The normalized spacial score (nSPS) is 10.8. The summed E-state index contributed by atoms with van der Waals surface area (Å²) in [5.74, 6) is -2.23. The maximum Gasteiger partial charge on any atom is 0.323 e. The molecule has 20 heavy (non-hydrogen) atoms. The molecule has 0 aliphatic carbocycles. The van der Waals surface area contributed by atoms with E-state index in [0.717, 1.165) is 4.90 Å². The second-order valence-corrected chi connectivity index (χ2v) is 4.39. The molecule has 1 N–H and O–H groups in total. The molecule has 6 heteroatoms. The van der Waals surface area contributed by atoms with E-state index in [-0.39, 0.29) is 17.9 Å². The fourth-order valence-corrected chi connectivity index (χ4v) is 2.05. The van der Waals surface area contributed by atoms with E-state index >= 15 is 0 Å². The Balaban J connectivity index is 2.47. The summed E-state index contributed by atoms with van der Waals surface area (Å²) >= 11 is 0. The molecular weight excluding hydrogens is 265 g/mol. The van der Waals surface area contributed by atoms with Gasteiger partial charge < -0.3 is 14.4 Å². The summed E-state index contributed by atoms with van der Waals surface area (Å²) < 4.78 is 18.9. The number of likely N-dealkylation sites (N-methyl/N-ethyl adjacent to an activating group) is 1. The van der Waals surface area contributed by atoms with Gasteiger partial charge in [0, 0.05) is 17.5 Å². The molecule has 1 aromatic carbocycles. The van der Waals surface area contributed by atoms with E-state index < -0.39 is 24.2 Å². The molecule has 0 radical (unpaired) electrons. The van der Waals surface area contributed by atoms with Crippen LogP contribution in [0.5, 0.6) is 0 Å². The van der Waals surface area contributed by atoms with Gasteiger partial charge in [0.2, 0.25) is 0 Å². The molecule has 0 aliphatic heterocycles. The first kappa shape index (κ1) is 14.0. The van der Waals surface area contributed by atoms with Crippen LogP contribution in [-0.4, -0.2) is 35.0 Å². The van der Waals surface area contributed by atoms with Crippen LogP contribution in [0.25, 0.3) is 11.0 Å². The molecule has 1 heterocycles. The molecule has 2 rings (SSSR count). The number of hydrogen-bond acceptors (Lipinski definition) is 3. The van der Waals surface area contributed by atoms with Gasteiger partial charge in [0.25, 0.3) is 5.91 Å². The van der Waals surface area contributed by atoms with Crippen LogP contribution in [0.2, 0.25) is 0 Å². The summed E-state index contributed by atoms with van der Waals surface area (Å²) in [7, 11) is 0. The van der Waals surface area contributed by atoms with E-state index in [9.17, 15) is 14.0 Å². The van der Waals surface area contributed by atoms with E-state index in [2.05, 4.69) is 0 Å². The van der Waals surface area contributed by atoms with E-state index in [1.165, 1.54) is 12.1 Å². The van der Waals surface area contributed by atoms with Gasteiger partial charge in [-0.2, -0.15) is 0 Å². The highest BCUT2D eigenvalue weighted by Gasteiger charge is 2.24. The van der Waals surface area contributed by atoms with Gasteiger partial charge in [-0.3, -0.25) is 9.59 Å². The van der Waals surface area contributed by atoms with Crippen molar-refractivity contribution in [1.82, 2.24) is 4.90 Å². The van der Waals surface area contributed by atoms with Crippen LogP contribution in [-0.2, 0) is 4.79 Å². The molecule has 0 unspecified atom stereocenters. The van der Waals surface area contributed by atoms with Crippen LogP contribution in [0.1, 0.15) is 23.0 Å². The van der Waals surface area contributed by atoms with Crippen LogP contribution in [0.15, 0.2) is 22.6 Å². The summed E-state index contributed by atoms with van der Waals surface area (Å²) in [6.07, 6.45) is 0. The Bertz CT molecular complexity index is 677. The molecule has 0 bridgehead atoms. The first-order chi connectivity index (χ1) is 9.45. The number of nitrogens with zero attached hydrogens (tertiary/aromatic N) is 1. The Hall–Kier alpha value is -2.37. The van der Waals surface area contributed by atoms with Crippen molar-refractivity contribution >= 4 is 22.8 Å². The molecule has 0 saturated heterocycles. The van der Waals surface area contributed by atoms with Crippen LogP contribution in [0.3, 0.4) is 0 Å². The van der Waals surface area contributed by atoms with Gasteiger partial charge in [0.05, 0.1) is 0 Å². The molecule has 0 spiro atoms. The van der Waals surface area contributed by atoms with Crippen LogP contribution in [0, 0.1) is 12.7 Å². The topological polar surface area (TPSA) is 70.8 Å². The zero-order chi connectivity index (χ0) is 14.9. The predicted molar refractivity (Wildman–Crippen MR) is 70.1 cm³/mol. The van der Waals surface area contributed by atoms with Gasteiger partial charge in [0.1, 0.15) is 6.54 Å². The Morgan fingerprint density at radius 2 is 2.10 bits per heavy atom. The Labute approximate surface area is 114 Å². The molecule has 5 nitrogen and oxygen atoms in total. The van der Waals surface area contributed by atoms with Crippen molar-refractivity contribution in [2.24, 2.45) is 0 Å². The third kappa shape index (κ3) is 2.36. The summed E-state index contributed by atoms with van der Waals surface area (Å²) in [5.41, 5.74) is 0.521. The Morgan fingerprint density at radius 3 is 2.65 bits per heavy atom. The minimum Gasteiger partial charge on any atom is -0.480 e. The minimum absolute atomic E-state index is 0.0136. The fourth-order valence-electron chi connectivity index (χ4n) is 2.05. The number of carbonyl (C=O) groups excluding carboxylic acids is 1. The number of aliphatic carboxylic acids is 1. The largest absolute Gasteiger partial charge is 0.480 e. The predicted octanol–water partition coefficient (Wildman–Crippen LogP) is 2.43. The number of carboxylic acid groups (broad SMARTS) is 1. The van der Waals surface area contributed by atoms with Crippen molar-refractivity contribution in [3.05, 3.63) is 35.3 Å². The van der Waals surface area contributed by atoms with E-state index in [1.54, 1.807) is 19.9 Å². The van der Waals surface area contributed by atoms with Crippen LogP contribution < -0.4 is 0 Å². The SMILES string of the molecule is CCN(CC(=O)O)C(=O)c1oc2c(F)cccc2c1C. The molecule has 0 aliphatic rings. The van der Waals surface area contributed by atoms with Crippen molar-refractivity contribution in [2.45, 2.75) is 13.8 Å². The van der Waals surface area contributed by atoms with Gasteiger partial charge in [0.15, 0.2) is 17.2 Å². The second kappa shape index (κ2) is 5.32. The number of fused-ring (bicyclic) bond motifs is 1. The smallest absolute Gasteiger partial charge is 0.323 e. The first-order valence-corrected chi connectivity index (χ1v) is 6.14. The number of hydrogen-bond donors (Lipinski definition) is 1. The van der Waals surface area contributed by atoms with Gasteiger partial charge >= 0.3 is 5.97 Å². The van der Waals surface area contributed by atoms with Crippen molar-refractivity contribution in [3.8, 4) is 0 Å². The van der Waals surface area contributed by atoms with Crippen molar-refractivity contribution in [1.29, 1.82) is 0 Å². The number of carbonyl (C=O) groups is 2. The molecule has 0 saturated carbocycles. The molecule has 0 fully saturated rings. The maximum absolute atomic E-state index is 13.6. The lowest BCUT2D eigenvalue weighted by molar-refractivity contribution is -0.137. The summed E-state index contributed by atoms with van der Waals surface area (Å²) in [6.45, 7) is 3.12. The average molecular weight is 279 g/mol. The van der Waals surface area contributed by atoms with Gasteiger partial charge in [-0.1, -0.05) is 12.1 Å². The summed E-state index contributed by atoms with van der Waals surface area (Å²) in [4.78, 5) is 24.1. The highest BCUT2D eigenvalue weighted by atomic mass is 19.1. The third-order valence-corrected chi connectivity index (χ3v) is 3.11. The Morgan fingerprint density at radius 1 is 1.40 bits per heavy atom. The zero-order valence-corrected chi connectivity index (χ0v) is 11.1. The number of rotatable bonds is 4. The number of amides is 1. The number of furan rings is 1. The van der Waals surface area contributed by atoms with Crippen LogP contribution in [0.4, 0.5) is 4.39 Å². The second-order valence-electron chi connectivity index (χ2n) is 4.39. The molecule has 1 amide bonds. The summed E-state index contributed by atoms with van der Waals surface area (Å²) in [6, 6.07) is 4.43. The fraction of sp³-hybridized carbons (Fsp3) is 0.286. The molecule has 0 atom stereocenters. The van der Waals surface area contributed by atoms with Crippen LogP contribution >= 0.6 is 0 Å². The third-order valence-electron chi connectivity index (χ3n) is 3.11. The summed E-state index contributed by atoms with van der Waals surface area (Å²) in [5, 5.41) is 9.29. The quantitative estimate of drug-likeness (QED) is 0.933. The Kier molecular flexibility index (Phi) is 3.74. The number of benzene rings is 1. The molecule has 1 aromatic heterocycles. The standard InChI is InChI=1S/C14H14FNO4/c1-3-16(7-11(17)18)14(19)12-8(2)9-5-4-6-10(15)13(9)20-12/h4-6H,3,7H2,1-2H3,(H,17,18). The monoisotopic (exact) mass is 279 g/mol. The molecule has 106 valence electrons. The van der Waals surface area contributed by atoms with Crippen molar-refractivity contribution < 1.29 is 23.5 Å². The van der Waals surface area contributed by atoms with Gasteiger partial charge in [-0.15, -0.1) is 0 Å². The number of halogens is 1. The first-order valence-electron chi connectivity index (χ1n) is 6.14. The van der Waals surface area contributed by atoms with Gasteiger partial charge in [-0.05, 0) is 19.9 Å². The molecular formula is C14H14FNO4. The number of aryl methyl sites for hydroxylation is 1. The van der Waals surface area contributed by atoms with E-state index in [1.807, 2.05) is 0 Å². The zero-order valence-electron chi connectivity index (χ0n) is 11.1. The average Bonchev–Trinajstić information content (AvgIpc) is 2.74. The highest BCUT2D eigenvalue weighted by Crippen LogP contribution is 2.28. The minimum atomic E-state index is -1.11. The van der Waals surface area contributed by atoms with Crippen molar-refractivity contribution in [3.63, 3.8) is 0 Å². The maximum atomic E-state index is 13.6. The number of para-hydroxylation sites is 1. The molecule has 2 aromatic rings. The van der Waals surface area contributed by atoms with E-state index in [0.29, 0.717) is 10.9 Å². The van der Waals surface area contributed by atoms with Gasteiger partial charge in [-0.25, -0.2) is 4.39 Å². The highest BCUT2D eigenvalue weighted by molar-refractivity contribution is 6.00. The van der Waals surface area contributed by atoms with E-state index in [4.69, 9.17) is 9.52 Å². The lowest BCUT2D eigenvalue weighted by Crippen LogP contribution is -2.35. The number of carboxylic acids is 1. The lowest BCUT2D eigenvalue weighted by Gasteiger charge is -2.17. The lowest BCUT2D eigenvalue weighted by atomic mass is 10.1. The van der Waals surface area contributed by atoms with Crippen molar-refractivity contribution in [2.75, 3.05) is 13.1 Å².